The molecule has 0 saturated carbocycles. The van der Waals surface area contributed by atoms with Crippen molar-refractivity contribution in [3.8, 4) is 0 Å². The van der Waals surface area contributed by atoms with E-state index in [2.05, 4.69) is 13.5 Å². The lowest BCUT2D eigenvalue weighted by Gasteiger charge is -2.08. The smallest absolute Gasteiger partial charge is 0.242 e. The predicted molar refractivity (Wildman–Crippen MR) is 68.9 cm³/mol. The molecule has 2 rings (SSSR count). The molecule has 2 N–H and O–H groups in total. The van der Waals surface area contributed by atoms with Crippen molar-refractivity contribution in [3.05, 3.63) is 18.2 Å². The lowest BCUT2D eigenvalue weighted by molar-refractivity contribution is 0.186. The second-order valence-corrected chi connectivity index (χ2v) is 6.19. The predicted octanol–water partition coefficient (Wildman–Crippen LogP) is 0.740. The molecule has 8 heteroatoms. The second-order valence-electron chi connectivity index (χ2n) is 3.92. The van der Waals surface area contributed by atoms with Gasteiger partial charge in [0.2, 0.25) is 10.0 Å². The first kappa shape index (κ1) is 13.3. The molecule has 1 aromatic carbocycles. The van der Waals surface area contributed by atoms with Crippen LogP contribution >= 0.6 is 11.7 Å². The average molecular weight is 287 g/mol. The normalized spacial score (nSPS) is 13.9. The summed E-state index contributed by atoms with van der Waals surface area (Å²) in [5, 5.41) is 9.10. The van der Waals surface area contributed by atoms with Gasteiger partial charge in [-0.2, -0.15) is 8.75 Å². The Labute approximate surface area is 109 Å². The highest BCUT2D eigenvalue weighted by Crippen LogP contribution is 2.20. The van der Waals surface area contributed by atoms with Gasteiger partial charge in [-0.15, -0.1) is 0 Å². The highest BCUT2D eigenvalue weighted by Gasteiger charge is 2.18. The first-order chi connectivity index (χ1) is 8.50. The van der Waals surface area contributed by atoms with Crippen molar-refractivity contribution in [2.75, 3.05) is 6.54 Å². The van der Waals surface area contributed by atoms with E-state index in [0.717, 1.165) is 11.7 Å². The molecule has 0 spiro atoms. The van der Waals surface area contributed by atoms with E-state index in [4.69, 9.17) is 5.11 Å². The second kappa shape index (κ2) is 5.27. The standard InChI is InChI=1S/C10H13N3O3S2/c1-7(14)5-6-11-18(15,16)9-4-2-3-8-10(9)13-17-12-8/h2-4,7,11,14H,5-6H2,1H3. The van der Waals surface area contributed by atoms with E-state index in [1.165, 1.54) is 6.07 Å². The summed E-state index contributed by atoms with van der Waals surface area (Å²) in [6.07, 6.45) is -0.172. The van der Waals surface area contributed by atoms with Gasteiger partial charge < -0.3 is 5.11 Å². The summed E-state index contributed by atoms with van der Waals surface area (Å²) in [5.74, 6) is 0. The van der Waals surface area contributed by atoms with E-state index in [1.807, 2.05) is 0 Å². The van der Waals surface area contributed by atoms with E-state index in [9.17, 15) is 8.42 Å². The van der Waals surface area contributed by atoms with Crippen LogP contribution in [0.4, 0.5) is 0 Å². The lowest BCUT2D eigenvalue weighted by atomic mass is 10.3. The fourth-order valence-corrected chi connectivity index (χ4v) is 3.29. The zero-order valence-corrected chi connectivity index (χ0v) is 11.3. The van der Waals surface area contributed by atoms with Crippen molar-refractivity contribution in [2.45, 2.75) is 24.3 Å². The van der Waals surface area contributed by atoms with Crippen LogP contribution in [0.25, 0.3) is 11.0 Å². The third-order valence-electron chi connectivity index (χ3n) is 2.39. The van der Waals surface area contributed by atoms with Crippen molar-refractivity contribution < 1.29 is 13.5 Å². The van der Waals surface area contributed by atoms with Gasteiger partial charge in [0.05, 0.1) is 17.8 Å². The Hall–Kier alpha value is -1.09. The molecule has 98 valence electrons. The van der Waals surface area contributed by atoms with E-state index in [-0.39, 0.29) is 11.4 Å². The largest absolute Gasteiger partial charge is 0.393 e. The molecular formula is C10H13N3O3S2. The van der Waals surface area contributed by atoms with Gasteiger partial charge in [0.15, 0.2) is 0 Å². The summed E-state index contributed by atoms with van der Waals surface area (Å²) in [5.41, 5.74) is 0.949. The Balaban J connectivity index is 2.27. The van der Waals surface area contributed by atoms with Crippen LogP contribution in [-0.4, -0.2) is 34.9 Å². The van der Waals surface area contributed by atoms with Crippen LogP contribution in [0.15, 0.2) is 23.1 Å². The summed E-state index contributed by atoms with van der Waals surface area (Å²) in [4.78, 5) is 0.124. The van der Waals surface area contributed by atoms with E-state index >= 15 is 0 Å². The zero-order valence-electron chi connectivity index (χ0n) is 9.70. The monoisotopic (exact) mass is 287 g/mol. The molecule has 1 heterocycles. The summed E-state index contributed by atoms with van der Waals surface area (Å²) in [6.45, 7) is 1.80. The molecule has 1 aromatic heterocycles. The molecule has 1 unspecified atom stereocenters. The molecule has 2 aromatic rings. The molecule has 0 fully saturated rings. The molecule has 0 saturated heterocycles. The number of aromatic nitrogens is 2. The first-order valence-electron chi connectivity index (χ1n) is 5.40. The molecular weight excluding hydrogens is 274 g/mol. The number of rotatable bonds is 5. The summed E-state index contributed by atoms with van der Waals surface area (Å²) < 4.78 is 34.6. The van der Waals surface area contributed by atoms with Crippen LogP contribution in [0.5, 0.6) is 0 Å². The van der Waals surface area contributed by atoms with Crippen LogP contribution in [0.1, 0.15) is 13.3 Å². The molecule has 0 aliphatic heterocycles. The Morgan fingerprint density at radius 1 is 1.44 bits per heavy atom. The van der Waals surface area contributed by atoms with Crippen molar-refractivity contribution >= 4 is 32.8 Å². The highest BCUT2D eigenvalue weighted by molar-refractivity contribution is 7.89. The summed E-state index contributed by atoms with van der Waals surface area (Å²) in [7, 11) is -3.61. The number of aliphatic hydroxyl groups excluding tert-OH is 1. The third kappa shape index (κ3) is 2.83. The number of benzene rings is 1. The van der Waals surface area contributed by atoms with E-state index in [0.29, 0.717) is 17.5 Å². The van der Waals surface area contributed by atoms with Gasteiger partial charge >= 0.3 is 0 Å². The number of hydrogen-bond donors (Lipinski definition) is 2. The first-order valence-corrected chi connectivity index (χ1v) is 7.61. The number of nitrogens with zero attached hydrogens (tertiary/aromatic N) is 2. The van der Waals surface area contributed by atoms with Gasteiger partial charge in [-0.3, -0.25) is 0 Å². The number of fused-ring (bicyclic) bond motifs is 1. The van der Waals surface area contributed by atoms with Gasteiger partial charge in [-0.1, -0.05) is 6.07 Å². The minimum atomic E-state index is -3.61. The fourth-order valence-electron chi connectivity index (χ4n) is 1.48. The molecule has 0 aliphatic rings. The van der Waals surface area contributed by atoms with Crippen LogP contribution in [0, 0.1) is 0 Å². The summed E-state index contributed by atoms with van der Waals surface area (Å²) >= 11 is 0.980. The molecule has 0 amide bonds. The van der Waals surface area contributed by atoms with Gasteiger partial charge in [-0.05, 0) is 25.5 Å². The van der Waals surface area contributed by atoms with Crippen molar-refractivity contribution in [3.63, 3.8) is 0 Å². The average Bonchev–Trinajstić information content (AvgIpc) is 2.75. The van der Waals surface area contributed by atoms with Crippen molar-refractivity contribution in [1.29, 1.82) is 0 Å². The SMILES string of the molecule is CC(O)CCNS(=O)(=O)c1cccc2nsnc12. The van der Waals surface area contributed by atoms with Crippen molar-refractivity contribution in [1.82, 2.24) is 13.5 Å². The summed E-state index contributed by atoms with van der Waals surface area (Å²) in [6, 6.07) is 4.84. The number of sulfonamides is 1. The van der Waals surface area contributed by atoms with Gasteiger partial charge in [-0.25, -0.2) is 13.1 Å². The van der Waals surface area contributed by atoms with Gasteiger partial charge in [0, 0.05) is 6.54 Å². The number of hydrogen-bond acceptors (Lipinski definition) is 6. The van der Waals surface area contributed by atoms with Crippen molar-refractivity contribution in [2.24, 2.45) is 0 Å². The maximum atomic E-state index is 12.1. The molecule has 0 radical (unpaired) electrons. The quantitative estimate of drug-likeness (QED) is 0.846. The van der Waals surface area contributed by atoms with Gasteiger partial charge in [0.1, 0.15) is 15.9 Å². The van der Waals surface area contributed by atoms with E-state index < -0.39 is 16.1 Å². The van der Waals surface area contributed by atoms with Crippen LogP contribution < -0.4 is 4.72 Å². The zero-order chi connectivity index (χ0) is 13.2. The molecule has 6 nitrogen and oxygen atoms in total. The minimum absolute atomic E-state index is 0.124. The highest BCUT2D eigenvalue weighted by atomic mass is 32.2. The van der Waals surface area contributed by atoms with Crippen LogP contribution in [0.2, 0.25) is 0 Å². The topological polar surface area (TPSA) is 92.2 Å². The molecule has 0 bridgehead atoms. The van der Waals surface area contributed by atoms with Crippen LogP contribution in [0.3, 0.4) is 0 Å². The van der Waals surface area contributed by atoms with E-state index in [1.54, 1.807) is 19.1 Å². The Bertz CT molecular complexity index is 637. The number of nitrogens with one attached hydrogen (secondary N) is 1. The van der Waals surface area contributed by atoms with Gasteiger partial charge in [0.25, 0.3) is 0 Å². The number of aliphatic hydroxyl groups is 1. The minimum Gasteiger partial charge on any atom is -0.393 e. The Morgan fingerprint density at radius 2 is 2.22 bits per heavy atom. The van der Waals surface area contributed by atoms with Crippen LogP contribution in [-0.2, 0) is 10.0 Å². The molecule has 1 atom stereocenters. The maximum Gasteiger partial charge on any atom is 0.242 e. The molecule has 0 aliphatic carbocycles. The molecule has 18 heavy (non-hydrogen) atoms. The fraction of sp³-hybridized carbons (Fsp3) is 0.400. The lowest BCUT2D eigenvalue weighted by Crippen LogP contribution is -2.26. The Morgan fingerprint density at radius 3 is 2.94 bits per heavy atom. The third-order valence-corrected chi connectivity index (χ3v) is 4.43. The maximum absolute atomic E-state index is 12.1. The Kier molecular flexibility index (Phi) is 3.91.